The van der Waals surface area contributed by atoms with Crippen molar-refractivity contribution in [2.75, 3.05) is 20.0 Å². The van der Waals surface area contributed by atoms with Gasteiger partial charge in [0.25, 0.3) is 0 Å². The van der Waals surface area contributed by atoms with Crippen LogP contribution >= 0.6 is 27.5 Å². The van der Waals surface area contributed by atoms with Crippen molar-refractivity contribution in [1.29, 1.82) is 0 Å². The number of benzene rings is 2. The summed E-state index contributed by atoms with van der Waals surface area (Å²) >= 11 is 9.33. The average molecular weight is 371 g/mol. The second kappa shape index (κ2) is 6.37. The number of carbonyl (C=O) groups excluding carboxylic acids is 1. The van der Waals surface area contributed by atoms with Crippen LogP contribution in [0.15, 0.2) is 34.8 Å². The molecule has 0 unspecified atom stereocenters. The van der Waals surface area contributed by atoms with E-state index in [1.807, 2.05) is 0 Å². The largest absolute Gasteiger partial charge is 0.493 e. The molecule has 2 aromatic carbocycles. The molecular weight excluding hydrogens is 358 g/mol. The first kappa shape index (κ1) is 15.7. The third-order valence-electron chi connectivity index (χ3n) is 2.98. The van der Waals surface area contributed by atoms with Gasteiger partial charge in [-0.3, -0.25) is 4.79 Å². The normalized spacial score (nSPS) is 10.3. The van der Waals surface area contributed by atoms with E-state index in [-0.39, 0.29) is 5.78 Å². The van der Waals surface area contributed by atoms with Crippen LogP contribution in [0, 0.1) is 0 Å². The summed E-state index contributed by atoms with van der Waals surface area (Å²) in [6.45, 7) is 0. The van der Waals surface area contributed by atoms with E-state index in [9.17, 15) is 4.79 Å². The average Bonchev–Trinajstić information content (AvgIpc) is 2.49. The molecule has 0 fully saturated rings. The number of ketones is 1. The fraction of sp³-hybridized carbons (Fsp3) is 0.133. The van der Waals surface area contributed by atoms with Gasteiger partial charge in [-0.15, -0.1) is 0 Å². The van der Waals surface area contributed by atoms with Gasteiger partial charge in [-0.2, -0.15) is 0 Å². The Bertz CT molecular complexity index is 704. The van der Waals surface area contributed by atoms with Crippen molar-refractivity contribution in [3.05, 3.63) is 51.0 Å². The van der Waals surface area contributed by atoms with E-state index in [2.05, 4.69) is 15.9 Å². The van der Waals surface area contributed by atoms with E-state index >= 15 is 0 Å². The minimum atomic E-state index is -0.190. The number of nitrogens with two attached hydrogens (primary N) is 1. The molecule has 2 rings (SSSR count). The van der Waals surface area contributed by atoms with Crippen molar-refractivity contribution in [3.63, 3.8) is 0 Å². The van der Waals surface area contributed by atoms with Crippen molar-refractivity contribution in [2.24, 2.45) is 0 Å². The lowest BCUT2D eigenvalue weighted by molar-refractivity contribution is 0.103. The highest BCUT2D eigenvalue weighted by Gasteiger charge is 2.17. The van der Waals surface area contributed by atoms with E-state index in [4.69, 9.17) is 26.8 Å². The topological polar surface area (TPSA) is 61.5 Å². The van der Waals surface area contributed by atoms with Crippen LogP contribution in [-0.2, 0) is 0 Å². The third-order valence-corrected chi connectivity index (χ3v) is 3.96. The number of carbonyl (C=O) groups is 1. The van der Waals surface area contributed by atoms with Crippen LogP contribution in [0.1, 0.15) is 15.9 Å². The van der Waals surface area contributed by atoms with Crippen LogP contribution in [0.25, 0.3) is 0 Å². The summed E-state index contributed by atoms with van der Waals surface area (Å²) in [7, 11) is 3.05. The molecule has 0 heterocycles. The first-order valence-corrected chi connectivity index (χ1v) is 7.16. The van der Waals surface area contributed by atoms with E-state index in [1.165, 1.54) is 14.2 Å². The number of anilines is 1. The minimum absolute atomic E-state index is 0.190. The van der Waals surface area contributed by atoms with Gasteiger partial charge in [0.2, 0.25) is 0 Å². The van der Waals surface area contributed by atoms with Crippen LogP contribution in [0.4, 0.5) is 5.69 Å². The summed E-state index contributed by atoms with van der Waals surface area (Å²) in [6.07, 6.45) is 0. The molecule has 4 nitrogen and oxygen atoms in total. The Balaban J connectivity index is 2.50. The van der Waals surface area contributed by atoms with Crippen molar-refractivity contribution in [1.82, 2.24) is 0 Å². The number of halogens is 2. The number of hydrogen-bond acceptors (Lipinski definition) is 4. The Morgan fingerprint density at radius 3 is 2.33 bits per heavy atom. The molecule has 0 bridgehead atoms. The molecule has 0 saturated heterocycles. The van der Waals surface area contributed by atoms with Gasteiger partial charge in [-0.1, -0.05) is 11.6 Å². The van der Waals surface area contributed by atoms with Gasteiger partial charge in [0, 0.05) is 15.6 Å². The Hall–Kier alpha value is -1.72. The molecule has 21 heavy (non-hydrogen) atoms. The number of hydrogen-bond donors (Lipinski definition) is 1. The molecule has 0 amide bonds. The van der Waals surface area contributed by atoms with Crippen molar-refractivity contribution < 1.29 is 14.3 Å². The van der Waals surface area contributed by atoms with Crippen molar-refractivity contribution >= 4 is 39.0 Å². The number of rotatable bonds is 4. The molecule has 0 radical (unpaired) electrons. The molecular formula is C15H13BrClNO3. The Morgan fingerprint density at radius 2 is 1.76 bits per heavy atom. The SMILES string of the molecule is COc1cc(Br)c(C(=O)c2ccc(N)c(Cl)c2)cc1OC. The molecule has 0 aliphatic carbocycles. The first-order chi connectivity index (χ1) is 9.97. The first-order valence-electron chi connectivity index (χ1n) is 5.99. The highest BCUT2D eigenvalue weighted by molar-refractivity contribution is 9.10. The zero-order chi connectivity index (χ0) is 15.6. The van der Waals surface area contributed by atoms with Gasteiger partial charge in [0.1, 0.15) is 0 Å². The predicted octanol–water partition coefficient (Wildman–Crippen LogP) is 3.93. The van der Waals surface area contributed by atoms with Gasteiger partial charge in [-0.25, -0.2) is 0 Å². The van der Waals surface area contributed by atoms with Crippen molar-refractivity contribution in [2.45, 2.75) is 0 Å². The lowest BCUT2D eigenvalue weighted by Gasteiger charge is -2.11. The molecule has 0 aliphatic rings. The van der Waals surface area contributed by atoms with Crippen LogP contribution in [0.5, 0.6) is 11.5 Å². The monoisotopic (exact) mass is 369 g/mol. The quantitative estimate of drug-likeness (QED) is 0.654. The molecule has 110 valence electrons. The maximum absolute atomic E-state index is 12.6. The molecule has 0 atom stereocenters. The van der Waals surface area contributed by atoms with Gasteiger partial charge in [-0.05, 0) is 46.3 Å². The van der Waals surface area contributed by atoms with Crippen molar-refractivity contribution in [3.8, 4) is 11.5 Å². The predicted molar refractivity (Wildman–Crippen MR) is 86.5 cm³/mol. The van der Waals surface area contributed by atoms with Crippen LogP contribution < -0.4 is 15.2 Å². The molecule has 0 saturated carbocycles. The van der Waals surface area contributed by atoms with Gasteiger partial charge >= 0.3 is 0 Å². The van der Waals surface area contributed by atoms with Crippen LogP contribution in [-0.4, -0.2) is 20.0 Å². The summed E-state index contributed by atoms with van der Waals surface area (Å²) in [5.74, 6) is 0.826. The van der Waals surface area contributed by atoms with E-state index in [0.717, 1.165) is 0 Å². The highest BCUT2D eigenvalue weighted by atomic mass is 79.9. The fourth-order valence-corrected chi connectivity index (χ4v) is 2.54. The Morgan fingerprint density at radius 1 is 1.14 bits per heavy atom. The highest BCUT2D eigenvalue weighted by Crippen LogP contribution is 2.34. The van der Waals surface area contributed by atoms with Gasteiger partial charge < -0.3 is 15.2 Å². The number of ether oxygens (including phenoxy) is 2. The molecule has 0 spiro atoms. The summed E-state index contributed by atoms with van der Waals surface area (Å²) in [4.78, 5) is 12.6. The fourth-order valence-electron chi connectivity index (χ4n) is 1.85. The molecule has 2 N–H and O–H groups in total. The molecule has 0 aromatic heterocycles. The lowest BCUT2D eigenvalue weighted by atomic mass is 10.0. The summed E-state index contributed by atoms with van der Waals surface area (Å²) in [5, 5.41) is 0.345. The number of nitrogen functional groups attached to an aromatic ring is 1. The summed E-state index contributed by atoms with van der Waals surface area (Å²) in [5.41, 5.74) is 6.98. The minimum Gasteiger partial charge on any atom is -0.493 e. The molecule has 6 heteroatoms. The zero-order valence-corrected chi connectivity index (χ0v) is 13.8. The lowest BCUT2D eigenvalue weighted by Crippen LogP contribution is -2.04. The van der Waals surface area contributed by atoms with Crippen LogP contribution in [0.3, 0.4) is 0 Å². The molecule has 0 aliphatic heterocycles. The zero-order valence-electron chi connectivity index (χ0n) is 11.4. The smallest absolute Gasteiger partial charge is 0.194 e. The van der Waals surface area contributed by atoms with E-state index in [0.29, 0.717) is 37.8 Å². The van der Waals surface area contributed by atoms with Crippen LogP contribution in [0.2, 0.25) is 5.02 Å². The number of methoxy groups -OCH3 is 2. The maximum atomic E-state index is 12.6. The van der Waals surface area contributed by atoms with E-state index in [1.54, 1.807) is 30.3 Å². The maximum Gasteiger partial charge on any atom is 0.194 e. The standard InChI is InChI=1S/C15H13BrClNO3/c1-20-13-6-9(10(16)7-14(13)21-2)15(19)8-3-4-12(18)11(17)5-8/h3-7H,18H2,1-2H3. The van der Waals surface area contributed by atoms with Gasteiger partial charge in [0.15, 0.2) is 17.3 Å². The second-order valence-electron chi connectivity index (χ2n) is 4.25. The van der Waals surface area contributed by atoms with E-state index < -0.39 is 0 Å². The third kappa shape index (κ3) is 3.14. The Labute approximate surface area is 135 Å². The summed E-state index contributed by atoms with van der Waals surface area (Å²) < 4.78 is 11.0. The second-order valence-corrected chi connectivity index (χ2v) is 5.51. The van der Waals surface area contributed by atoms with Gasteiger partial charge in [0.05, 0.1) is 24.9 Å². The summed E-state index contributed by atoms with van der Waals surface area (Å²) in [6, 6.07) is 8.08. The Kier molecular flexibility index (Phi) is 4.75. The molecule has 2 aromatic rings.